The van der Waals surface area contributed by atoms with E-state index in [4.69, 9.17) is 9.72 Å². The Kier molecular flexibility index (Phi) is 6.35. The van der Waals surface area contributed by atoms with Gasteiger partial charge in [-0.15, -0.1) is 5.10 Å². The first-order valence-electron chi connectivity index (χ1n) is 12.9. The fraction of sp³-hybridized carbons (Fsp3) is 0.333. The quantitative estimate of drug-likeness (QED) is 0.269. The first kappa shape index (κ1) is 25.7. The molecule has 1 N–H and O–H groups in total. The molecular formula is C27H26F3N9O. The lowest BCUT2D eigenvalue weighted by atomic mass is 10.1. The number of hydrogen-bond acceptors (Lipinski definition) is 8. The molecule has 10 nitrogen and oxygen atoms in total. The van der Waals surface area contributed by atoms with Crippen LogP contribution in [0.15, 0.2) is 49.2 Å². The lowest BCUT2D eigenvalue weighted by molar-refractivity contribution is -0.140. The number of nitrogens with zero attached hydrogens (tertiary/aromatic N) is 8. The Hall–Kier alpha value is -4.55. The number of rotatable bonds is 8. The van der Waals surface area contributed by atoms with E-state index in [9.17, 15) is 13.2 Å². The summed E-state index contributed by atoms with van der Waals surface area (Å²) in [6.45, 7) is 4.11. The molecule has 206 valence electrons. The molecule has 6 rings (SSSR count). The van der Waals surface area contributed by atoms with Gasteiger partial charge in [-0.05, 0) is 32.3 Å². The van der Waals surface area contributed by atoms with Crippen molar-refractivity contribution in [3.05, 3.63) is 66.1 Å². The Morgan fingerprint density at radius 2 is 1.88 bits per heavy atom. The number of fused-ring (bicyclic) bond motifs is 1. The Morgan fingerprint density at radius 1 is 1.10 bits per heavy atom. The molecule has 0 aliphatic heterocycles. The van der Waals surface area contributed by atoms with Crippen LogP contribution in [-0.4, -0.2) is 46.2 Å². The van der Waals surface area contributed by atoms with E-state index < -0.39 is 11.9 Å². The van der Waals surface area contributed by atoms with Gasteiger partial charge in [0.25, 0.3) is 0 Å². The van der Waals surface area contributed by atoms with Gasteiger partial charge in [0.15, 0.2) is 23.0 Å². The predicted octanol–water partition coefficient (Wildman–Crippen LogP) is 5.54. The molecule has 1 saturated carbocycles. The molecule has 1 atom stereocenters. The fourth-order valence-electron chi connectivity index (χ4n) is 4.68. The second-order valence-electron chi connectivity index (χ2n) is 9.62. The van der Waals surface area contributed by atoms with E-state index in [0.717, 1.165) is 30.3 Å². The maximum atomic E-state index is 13.2. The zero-order valence-electron chi connectivity index (χ0n) is 22.0. The minimum Gasteiger partial charge on any atom is -0.480 e. The van der Waals surface area contributed by atoms with E-state index in [1.54, 1.807) is 43.1 Å². The normalized spacial score (nSPS) is 14.4. The Balaban J connectivity index is 1.32. The maximum Gasteiger partial charge on any atom is 0.434 e. The van der Waals surface area contributed by atoms with Crippen LogP contribution in [0.4, 0.5) is 19.0 Å². The molecule has 5 aromatic rings. The number of ether oxygens (including phenoxy) is 1. The molecule has 1 aliphatic rings. The maximum absolute atomic E-state index is 13.2. The van der Waals surface area contributed by atoms with E-state index in [0.29, 0.717) is 46.8 Å². The molecular weight excluding hydrogens is 523 g/mol. The number of aryl methyl sites for hydroxylation is 1. The topological polar surface area (TPSA) is 108 Å². The summed E-state index contributed by atoms with van der Waals surface area (Å²) in [5.74, 6) is 1.92. The Morgan fingerprint density at radius 3 is 2.55 bits per heavy atom. The molecule has 1 aromatic carbocycles. The van der Waals surface area contributed by atoms with Crippen LogP contribution in [0.5, 0.6) is 5.88 Å². The van der Waals surface area contributed by atoms with Gasteiger partial charge in [-0.1, -0.05) is 24.3 Å². The number of methoxy groups -OCH3 is 1. The van der Waals surface area contributed by atoms with Crippen LogP contribution < -0.4 is 10.1 Å². The number of aromatic nitrogens is 8. The van der Waals surface area contributed by atoms with Crippen molar-refractivity contribution in [1.29, 1.82) is 0 Å². The van der Waals surface area contributed by atoms with Crippen molar-refractivity contribution in [2.24, 2.45) is 0 Å². The highest BCUT2D eigenvalue weighted by molar-refractivity contribution is 5.71. The van der Waals surface area contributed by atoms with Gasteiger partial charge in [-0.3, -0.25) is 0 Å². The summed E-state index contributed by atoms with van der Waals surface area (Å²) in [5.41, 5.74) is 2.65. The number of alkyl halides is 3. The van der Waals surface area contributed by atoms with Crippen molar-refractivity contribution in [1.82, 2.24) is 39.1 Å². The van der Waals surface area contributed by atoms with Crippen molar-refractivity contribution in [3.8, 4) is 28.7 Å². The number of benzene rings is 1. The number of imidazole rings is 2. The van der Waals surface area contributed by atoms with Gasteiger partial charge < -0.3 is 14.6 Å². The molecule has 0 radical (unpaired) electrons. The number of hydrogen-bond donors (Lipinski definition) is 1. The van der Waals surface area contributed by atoms with Gasteiger partial charge >= 0.3 is 6.18 Å². The summed E-state index contributed by atoms with van der Waals surface area (Å²) in [7, 11) is 1.56. The summed E-state index contributed by atoms with van der Waals surface area (Å²) in [5, 5.41) is 8.08. The van der Waals surface area contributed by atoms with Crippen LogP contribution in [0.3, 0.4) is 0 Å². The van der Waals surface area contributed by atoms with Gasteiger partial charge in [0, 0.05) is 36.6 Å². The minimum absolute atomic E-state index is 0.217. The predicted molar refractivity (Wildman–Crippen MR) is 141 cm³/mol. The van der Waals surface area contributed by atoms with Crippen molar-refractivity contribution in [3.63, 3.8) is 0 Å². The lowest BCUT2D eigenvalue weighted by Gasteiger charge is -2.17. The van der Waals surface area contributed by atoms with E-state index in [2.05, 4.69) is 30.4 Å². The highest BCUT2D eigenvalue weighted by atomic mass is 19.4. The van der Waals surface area contributed by atoms with E-state index in [1.165, 1.54) is 10.9 Å². The molecule has 1 aliphatic carbocycles. The summed E-state index contributed by atoms with van der Waals surface area (Å²) in [6, 6.07) is 7.04. The molecule has 4 aromatic heterocycles. The molecule has 40 heavy (non-hydrogen) atoms. The Bertz CT molecular complexity index is 1670. The second kappa shape index (κ2) is 9.88. The van der Waals surface area contributed by atoms with Crippen LogP contribution in [0, 0.1) is 0 Å². The molecule has 13 heteroatoms. The summed E-state index contributed by atoms with van der Waals surface area (Å²) in [6.07, 6.45) is 3.48. The molecule has 0 amide bonds. The highest BCUT2D eigenvalue weighted by Gasteiger charge is 2.35. The van der Waals surface area contributed by atoms with Crippen molar-refractivity contribution in [2.45, 2.75) is 51.4 Å². The largest absolute Gasteiger partial charge is 0.480 e. The molecule has 1 fully saturated rings. The van der Waals surface area contributed by atoms with Gasteiger partial charge in [0.05, 0.1) is 18.8 Å². The number of anilines is 1. The number of nitrogens with one attached hydrogen (secondary N) is 1. The minimum atomic E-state index is -4.50. The highest BCUT2D eigenvalue weighted by Crippen LogP contribution is 2.45. The summed E-state index contributed by atoms with van der Waals surface area (Å²) >= 11 is 0. The zero-order chi connectivity index (χ0) is 28.0. The SMILES string of the molecule is CCn1cc(C(F)(F)F)nc1-c1ccc([C@@H](C)Nc2nc(-c3c(OC)ncnc3C3CC3)nn3ccnc23)cc1. The summed E-state index contributed by atoms with van der Waals surface area (Å²) < 4.78 is 48.4. The zero-order valence-corrected chi connectivity index (χ0v) is 22.0. The average molecular weight is 550 g/mol. The Labute approximate surface area is 227 Å². The van der Waals surface area contributed by atoms with Crippen molar-refractivity contribution >= 4 is 11.5 Å². The lowest BCUT2D eigenvalue weighted by Crippen LogP contribution is -2.12. The monoisotopic (exact) mass is 549 g/mol. The molecule has 0 unspecified atom stereocenters. The van der Waals surface area contributed by atoms with Crippen LogP contribution in [0.1, 0.15) is 55.6 Å². The van der Waals surface area contributed by atoms with E-state index >= 15 is 0 Å². The number of halogens is 3. The van der Waals surface area contributed by atoms with E-state index in [-0.39, 0.29) is 11.9 Å². The first-order chi connectivity index (χ1) is 19.3. The molecule has 4 heterocycles. The van der Waals surface area contributed by atoms with Gasteiger partial charge in [-0.25, -0.2) is 29.4 Å². The van der Waals surface area contributed by atoms with Gasteiger partial charge in [0.2, 0.25) is 5.88 Å². The second-order valence-corrected chi connectivity index (χ2v) is 9.62. The van der Waals surface area contributed by atoms with Crippen LogP contribution in [0.2, 0.25) is 0 Å². The van der Waals surface area contributed by atoms with E-state index in [1.807, 2.05) is 19.1 Å². The van der Waals surface area contributed by atoms with Crippen LogP contribution in [0.25, 0.3) is 28.4 Å². The summed E-state index contributed by atoms with van der Waals surface area (Å²) in [4.78, 5) is 21.9. The van der Waals surface area contributed by atoms with Crippen molar-refractivity contribution < 1.29 is 17.9 Å². The average Bonchev–Trinajstić information content (AvgIpc) is 3.51. The van der Waals surface area contributed by atoms with Gasteiger partial charge in [-0.2, -0.15) is 13.2 Å². The smallest absolute Gasteiger partial charge is 0.434 e. The standard InChI is InChI=1S/C27H26F3N9O/c1-4-38-13-19(27(28,29)30)35-24(38)18-9-5-16(6-10-18)15(2)34-23-25-31-11-12-39(25)37-22(36-23)20-21(17-7-8-17)32-14-33-26(20)40-3/h5-6,9-15,17H,4,7-8H2,1-3H3,(H,34,36,37)/t15-/m1/s1. The molecule has 0 bridgehead atoms. The third-order valence-corrected chi connectivity index (χ3v) is 6.91. The molecule has 0 spiro atoms. The third kappa shape index (κ3) is 4.71. The van der Waals surface area contributed by atoms with Gasteiger partial charge in [0.1, 0.15) is 17.7 Å². The third-order valence-electron chi connectivity index (χ3n) is 6.91. The fourth-order valence-corrected chi connectivity index (χ4v) is 4.68. The van der Waals surface area contributed by atoms with Crippen LogP contribution >= 0.6 is 0 Å². The van der Waals surface area contributed by atoms with Crippen molar-refractivity contribution in [2.75, 3.05) is 12.4 Å². The first-order valence-corrected chi connectivity index (χ1v) is 12.9. The molecule has 0 saturated heterocycles. The van der Waals surface area contributed by atoms with Crippen LogP contribution in [-0.2, 0) is 12.7 Å².